The van der Waals surface area contributed by atoms with Crippen LogP contribution in [-0.2, 0) is 17.6 Å². The molecule has 0 saturated carbocycles. The summed E-state index contributed by atoms with van der Waals surface area (Å²) in [4.78, 5) is 17.0. The highest BCUT2D eigenvalue weighted by Crippen LogP contribution is 2.08. The predicted molar refractivity (Wildman–Crippen MR) is 73.6 cm³/mol. The van der Waals surface area contributed by atoms with Gasteiger partial charge in [-0.15, -0.1) is 11.3 Å². The SMILES string of the molecule is O=C(Cc1cccs1)NCCCc1ccccn1. The molecular formula is C14H16N2OS. The number of carbonyl (C=O) groups is 1. The molecule has 0 saturated heterocycles. The molecule has 1 amide bonds. The maximum absolute atomic E-state index is 11.6. The molecule has 0 fully saturated rings. The highest BCUT2D eigenvalue weighted by Gasteiger charge is 2.03. The van der Waals surface area contributed by atoms with Gasteiger partial charge >= 0.3 is 0 Å². The lowest BCUT2D eigenvalue weighted by Crippen LogP contribution is -2.26. The van der Waals surface area contributed by atoms with Crippen LogP contribution < -0.4 is 5.32 Å². The van der Waals surface area contributed by atoms with Crippen LogP contribution in [0.4, 0.5) is 0 Å². The number of thiophene rings is 1. The van der Waals surface area contributed by atoms with Gasteiger partial charge in [0, 0.05) is 23.3 Å². The van der Waals surface area contributed by atoms with E-state index >= 15 is 0 Å². The number of hydrogen-bond donors (Lipinski definition) is 1. The van der Waals surface area contributed by atoms with Crippen molar-refractivity contribution in [3.05, 3.63) is 52.5 Å². The first kappa shape index (κ1) is 12.8. The minimum Gasteiger partial charge on any atom is -0.356 e. The van der Waals surface area contributed by atoms with Crippen LogP contribution in [0.15, 0.2) is 41.9 Å². The summed E-state index contributed by atoms with van der Waals surface area (Å²) in [5.41, 5.74) is 1.07. The molecule has 18 heavy (non-hydrogen) atoms. The lowest BCUT2D eigenvalue weighted by molar-refractivity contribution is -0.120. The number of amides is 1. The summed E-state index contributed by atoms with van der Waals surface area (Å²) < 4.78 is 0. The van der Waals surface area contributed by atoms with Crippen molar-refractivity contribution >= 4 is 17.2 Å². The fraction of sp³-hybridized carbons (Fsp3) is 0.286. The summed E-state index contributed by atoms with van der Waals surface area (Å²) in [5, 5.41) is 4.92. The lowest BCUT2D eigenvalue weighted by Gasteiger charge is -2.04. The van der Waals surface area contributed by atoms with Crippen LogP contribution in [0.2, 0.25) is 0 Å². The molecule has 0 unspecified atom stereocenters. The molecule has 2 heterocycles. The molecule has 4 heteroatoms. The molecule has 0 aliphatic rings. The Morgan fingerprint density at radius 2 is 2.22 bits per heavy atom. The van der Waals surface area contributed by atoms with E-state index in [1.165, 1.54) is 0 Å². The largest absolute Gasteiger partial charge is 0.356 e. The number of carbonyl (C=O) groups excluding carboxylic acids is 1. The van der Waals surface area contributed by atoms with Crippen LogP contribution in [0.25, 0.3) is 0 Å². The Hall–Kier alpha value is -1.68. The smallest absolute Gasteiger partial charge is 0.225 e. The lowest BCUT2D eigenvalue weighted by atomic mass is 10.2. The number of hydrogen-bond acceptors (Lipinski definition) is 3. The monoisotopic (exact) mass is 260 g/mol. The zero-order valence-electron chi connectivity index (χ0n) is 10.1. The van der Waals surface area contributed by atoms with Crippen molar-refractivity contribution in [2.24, 2.45) is 0 Å². The maximum atomic E-state index is 11.6. The molecule has 0 radical (unpaired) electrons. The van der Waals surface area contributed by atoms with E-state index in [4.69, 9.17) is 0 Å². The van der Waals surface area contributed by atoms with Gasteiger partial charge in [-0.2, -0.15) is 0 Å². The van der Waals surface area contributed by atoms with Gasteiger partial charge in [0.25, 0.3) is 0 Å². The molecule has 0 atom stereocenters. The summed E-state index contributed by atoms with van der Waals surface area (Å²) in [6.45, 7) is 0.709. The second-order valence-corrected chi connectivity index (χ2v) is 5.06. The van der Waals surface area contributed by atoms with Crippen LogP contribution in [-0.4, -0.2) is 17.4 Å². The van der Waals surface area contributed by atoms with Crippen molar-refractivity contribution in [1.82, 2.24) is 10.3 Å². The first-order valence-electron chi connectivity index (χ1n) is 6.03. The van der Waals surface area contributed by atoms with Gasteiger partial charge in [0.05, 0.1) is 6.42 Å². The van der Waals surface area contributed by atoms with Crippen molar-refractivity contribution in [1.29, 1.82) is 0 Å². The summed E-state index contributed by atoms with van der Waals surface area (Å²) in [5.74, 6) is 0.0958. The molecule has 1 N–H and O–H groups in total. The van der Waals surface area contributed by atoms with Crippen molar-refractivity contribution in [2.75, 3.05) is 6.54 Å². The Morgan fingerprint density at radius 3 is 2.94 bits per heavy atom. The maximum Gasteiger partial charge on any atom is 0.225 e. The average Bonchev–Trinajstić information content (AvgIpc) is 2.89. The van der Waals surface area contributed by atoms with E-state index in [-0.39, 0.29) is 5.91 Å². The van der Waals surface area contributed by atoms with Gasteiger partial charge in [-0.3, -0.25) is 9.78 Å². The summed E-state index contributed by atoms with van der Waals surface area (Å²) in [6.07, 6.45) is 4.11. The standard InChI is InChI=1S/C14H16N2OS/c17-14(11-13-7-4-10-18-13)16-9-3-6-12-5-1-2-8-15-12/h1-2,4-5,7-8,10H,3,6,9,11H2,(H,16,17). The first-order valence-corrected chi connectivity index (χ1v) is 6.91. The number of pyridine rings is 1. The van der Waals surface area contributed by atoms with Gasteiger partial charge in [-0.25, -0.2) is 0 Å². The van der Waals surface area contributed by atoms with Gasteiger partial charge < -0.3 is 5.32 Å². The zero-order chi connectivity index (χ0) is 12.6. The topological polar surface area (TPSA) is 42.0 Å². The van der Waals surface area contributed by atoms with Crippen molar-refractivity contribution in [3.63, 3.8) is 0 Å². The minimum atomic E-state index is 0.0958. The Balaban J connectivity index is 1.62. The van der Waals surface area contributed by atoms with Gasteiger partial charge in [0.2, 0.25) is 5.91 Å². The van der Waals surface area contributed by atoms with E-state index in [0.29, 0.717) is 13.0 Å². The molecule has 2 aromatic rings. The minimum absolute atomic E-state index is 0.0958. The van der Waals surface area contributed by atoms with Gasteiger partial charge in [0.15, 0.2) is 0 Å². The van der Waals surface area contributed by atoms with E-state index in [1.54, 1.807) is 17.5 Å². The molecule has 0 aliphatic heterocycles. The molecule has 0 aliphatic carbocycles. The highest BCUT2D eigenvalue weighted by atomic mass is 32.1. The summed E-state index contributed by atoms with van der Waals surface area (Å²) >= 11 is 1.62. The number of nitrogens with zero attached hydrogens (tertiary/aromatic N) is 1. The summed E-state index contributed by atoms with van der Waals surface area (Å²) in [7, 11) is 0. The second kappa shape index (κ2) is 6.91. The van der Waals surface area contributed by atoms with Crippen LogP contribution in [0.5, 0.6) is 0 Å². The van der Waals surface area contributed by atoms with E-state index in [1.807, 2.05) is 35.7 Å². The third kappa shape index (κ3) is 4.30. The van der Waals surface area contributed by atoms with Crippen LogP contribution in [0.1, 0.15) is 17.0 Å². The number of nitrogens with one attached hydrogen (secondary N) is 1. The fourth-order valence-corrected chi connectivity index (χ4v) is 2.38. The molecule has 0 aromatic carbocycles. The van der Waals surface area contributed by atoms with Crippen molar-refractivity contribution < 1.29 is 4.79 Å². The third-order valence-electron chi connectivity index (χ3n) is 2.57. The molecule has 0 bridgehead atoms. The van der Waals surface area contributed by atoms with Gasteiger partial charge in [-0.05, 0) is 36.4 Å². The fourth-order valence-electron chi connectivity index (χ4n) is 1.68. The normalized spacial score (nSPS) is 10.2. The predicted octanol–water partition coefficient (Wildman–Crippen LogP) is 2.43. The first-order chi connectivity index (χ1) is 8.84. The van der Waals surface area contributed by atoms with Crippen LogP contribution in [0.3, 0.4) is 0 Å². The molecule has 2 rings (SSSR count). The number of aromatic nitrogens is 1. The quantitative estimate of drug-likeness (QED) is 0.811. The van der Waals surface area contributed by atoms with E-state index in [2.05, 4.69) is 10.3 Å². The zero-order valence-corrected chi connectivity index (χ0v) is 11.0. The van der Waals surface area contributed by atoms with E-state index < -0.39 is 0 Å². The Morgan fingerprint density at radius 1 is 1.28 bits per heavy atom. The van der Waals surface area contributed by atoms with Gasteiger partial charge in [0.1, 0.15) is 0 Å². The van der Waals surface area contributed by atoms with Gasteiger partial charge in [-0.1, -0.05) is 12.1 Å². The molecule has 0 spiro atoms. The molecule has 94 valence electrons. The average molecular weight is 260 g/mol. The highest BCUT2D eigenvalue weighted by molar-refractivity contribution is 7.10. The Labute approximate surface area is 111 Å². The molecule has 3 nitrogen and oxygen atoms in total. The van der Waals surface area contributed by atoms with Crippen LogP contribution >= 0.6 is 11.3 Å². The third-order valence-corrected chi connectivity index (χ3v) is 3.45. The number of aryl methyl sites for hydroxylation is 1. The second-order valence-electron chi connectivity index (χ2n) is 4.03. The van der Waals surface area contributed by atoms with Crippen molar-refractivity contribution in [2.45, 2.75) is 19.3 Å². The Bertz CT molecular complexity index is 468. The number of rotatable bonds is 6. The van der Waals surface area contributed by atoms with Crippen LogP contribution in [0, 0.1) is 0 Å². The van der Waals surface area contributed by atoms with Crippen molar-refractivity contribution in [3.8, 4) is 0 Å². The summed E-state index contributed by atoms with van der Waals surface area (Å²) in [6, 6.07) is 9.85. The van der Waals surface area contributed by atoms with E-state index in [0.717, 1.165) is 23.4 Å². The van der Waals surface area contributed by atoms with E-state index in [9.17, 15) is 4.79 Å². The molecular weight excluding hydrogens is 244 g/mol. The Kier molecular flexibility index (Phi) is 4.90. The molecule has 2 aromatic heterocycles.